The molecule has 6 N–H and O–H groups in total. The van der Waals surface area contributed by atoms with Gasteiger partial charge in [0.1, 0.15) is 5.82 Å². The SMILES string of the molecule is Cc1cc(Nc2nc(N[C@@H]3CCCC[C@@H]3N)c(F)cc2C(N)=O)cnc1-n1cccn1. The number of aromatic nitrogens is 4. The lowest BCUT2D eigenvalue weighted by Crippen LogP contribution is -2.43. The van der Waals surface area contributed by atoms with E-state index in [1.165, 1.54) is 0 Å². The van der Waals surface area contributed by atoms with Crippen LogP contribution in [0.1, 0.15) is 41.6 Å². The average Bonchev–Trinajstić information content (AvgIpc) is 3.26. The Kier molecular flexibility index (Phi) is 5.81. The molecule has 0 saturated heterocycles. The van der Waals surface area contributed by atoms with E-state index in [0.717, 1.165) is 37.3 Å². The Labute approximate surface area is 179 Å². The monoisotopic (exact) mass is 424 g/mol. The van der Waals surface area contributed by atoms with Gasteiger partial charge in [0.25, 0.3) is 5.91 Å². The lowest BCUT2D eigenvalue weighted by atomic mass is 9.91. The standard InChI is InChI=1S/C21H25FN8O/c1-12-9-13(11-25-21(12)30-8-4-7-26-30)27-19-14(18(24)31)10-15(22)20(29-19)28-17-6-3-2-5-16(17)23/h4,7-11,16-17H,2-3,5-6,23H2,1H3,(H2,24,31)(H2,27,28,29)/t16-,17+/m0/s1. The second-order valence-corrected chi connectivity index (χ2v) is 7.72. The quantitative estimate of drug-likeness (QED) is 0.477. The highest BCUT2D eigenvalue weighted by atomic mass is 19.1. The van der Waals surface area contributed by atoms with Crippen LogP contribution in [0.25, 0.3) is 5.82 Å². The minimum atomic E-state index is -0.785. The molecule has 0 unspecified atom stereocenters. The first-order chi connectivity index (χ1) is 14.9. The van der Waals surface area contributed by atoms with Crippen LogP contribution >= 0.6 is 0 Å². The zero-order valence-electron chi connectivity index (χ0n) is 17.2. The topological polar surface area (TPSA) is 137 Å². The molecule has 1 aliphatic rings. The maximum atomic E-state index is 14.7. The second-order valence-electron chi connectivity index (χ2n) is 7.72. The van der Waals surface area contributed by atoms with Crippen molar-refractivity contribution in [3.63, 3.8) is 0 Å². The number of anilines is 3. The van der Waals surface area contributed by atoms with Gasteiger partial charge in [0.05, 0.1) is 17.4 Å². The molecule has 31 heavy (non-hydrogen) atoms. The molecular weight excluding hydrogens is 399 g/mol. The molecule has 0 radical (unpaired) electrons. The van der Waals surface area contributed by atoms with Crippen LogP contribution in [0.4, 0.5) is 21.7 Å². The fraction of sp³-hybridized carbons (Fsp3) is 0.333. The first kappa shape index (κ1) is 20.7. The zero-order valence-corrected chi connectivity index (χ0v) is 17.2. The molecule has 10 heteroatoms. The third-order valence-corrected chi connectivity index (χ3v) is 5.42. The van der Waals surface area contributed by atoms with Crippen molar-refractivity contribution in [2.24, 2.45) is 11.5 Å². The molecule has 1 aliphatic carbocycles. The van der Waals surface area contributed by atoms with Crippen LogP contribution in [0.3, 0.4) is 0 Å². The number of rotatable bonds is 6. The fourth-order valence-electron chi connectivity index (χ4n) is 3.79. The molecule has 1 fully saturated rings. The van der Waals surface area contributed by atoms with Gasteiger partial charge in [0.15, 0.2) is 17.5 Å². The molecule has 4 rings (SSSR count). The van der Waals surface area contributed by atoms with Gasteiger partial charge in [-0.05, 0) is 43.5 Å². The molecule has 1 saturated carbocycles. The Hall–Kier alpha value is -3.53. The van der Waals surface area contributed by atoms with Crippen LogP contribution in [-0.4, -0.2) is 37.7 Å². The van der Waals surface area contributed by atoms with Gasteiger partial charge in [-0.2, -0.15) is 5.10 Å². The molecule has 2 atom stereocenters. The maximum Gasteiger partial charge on any atom is 0.252 e. The lowest BCUT2D eigenvalue weighted by molar-refractivity contribution is 0.100. The zero-order chi connectivity index (χ0) is 22.0. The number of carbonyl (C=O) groups is 1. The van der Waals surface area contributed by atoms with Gasteiger partial charge >= 0.3 is 0 Å². The van der Waals surface area contributed by atoms with E-state index in [4.69, 9.17) is 11.5 Å². The summed E-state index contributed by atoms with van der Waals surface area (Å²) in [6.07, 6.45) is 8.83. The summed E-state index contributed by atoms with van der Waals surface area (Å²) in [5, 5.41) is 10.3. The van der Waals surface area contributed by atoms with Crippen molar-refractivity contribution in [1.82, 2.24) is 19.7 Å². The van der Waals surface area contributed by atoms with E-state index in [1.807, 2.05) is 19.1 Å². The molecule has 3 aromatic rings. The fourth-order valence-corrected chi connectivity index (χ4v) is 3.79. The summed E-state index contributed by atoms with van der Waals surface area (Å²) < 4.78 is 16.3. The average molecular weight is 424 g/mol. The number of halogens is 1. The highest BCUT2D eigenvalue weighted by molar-refractivity contribution is 5.98. The van der Waals surface area contributed by atoms with Crippen LogP contribution < -0.4 is 22.1 Å². The summed E-state index contributed by atoms with van der Waals surface area (Å²) >= 11 is 0. The van der Waals surface area contributed by atoms with E-state index in [9.17, 15) is 9.18 Å². The third-order valence-electron chi connectivity index (χ3n) is 5.42. The molecule has 3 aromatic heterocycles. The first-order valence-electron chi connectivity index (χ1n) is 10.2. The van der Waals surface area contributed by atoms with E-state index in [1.54, 1.807) is 23.3 Å². The van der Waals surface area contributed by atoms with Crippen molar-refractivity contribution in [2.75, 3.05) is 10.6 Å². The Balaban J connectivity index is 1.63. The van der Waals surface area contributed by atoms with Crippen LogP contribution in [0.15, 0.2) is 36.8 Å². The van der Waals surface area contributed by atoms with Crippen molar-refractivity contribution >= 4 is 23.2 Å². The van der Waals surface area contributed by atoms with Crippen LogP contribution in [0.5, 0.6) is 0 Å². The predicted molar refractivity (Wildman–Crippen MR) is 116 cm³/mol. The molecule has 9 nitrogen and oxygen atoms in total. The predicted octanol–water partition coefficient (Wildman–Crippen LogP) is 2.63. The third kappa shape index (κ3) is 4.48. The molecular formula is C21H25FN8O. The number of primary amides is 1. The van der Waals surface area contributed by atoms with Gasteiger partial charge in [-0.25, -0.2) is 19.0 Å². The van der Waals surface area contributed by atoms with Crippen molar-refractivity contribution < 1.29 is 9.18 Å². The van der Waals surface area contributed by atoms with Crippen LogP contribution in [0, 0.1) is 12.7 Å². The van der Waals surface area contributed by atoms with Crippen molar-refractivity contribution in [1.29, 1.82) is 0 Å². The first-order valence-corrected chi connectivity index (χ1v) is 10.2. The van der Waals surface area contributed by atoms with Gasteiger partial charge < -0.3 is 22.1 Å². The van der Waals surface area contributed by atoms with Gasteiger partial charge in [0, 0.05) is 24.5 Å². The Bertz CT molecular complexity index is 1090. The highest BCUT2D eigenvalue weighted by Gasteiger charge is 2.24. The van der Waals surface area contributed by atoms with E-state index < -0.39 is 11.7 Å². The van der Waals surface area contributed by atoms with Crippen molar-refractivity contribution in [3.8, 4) is 5.82 Å². The normalized spacial score (nSPS) is 18.5. The van der Waals surface area contributed by atoms with Crippen LogP contribution in [0.2, 0.25) is 0 Å². The number of aryl methyl sites for hydroxylation is 1. The highest BCUT2D eigenvalue weighted by Crippen LogP contribution is 2.27. The minimum absolute atomic E-state index is 0.0349. The van der Waals surface area contributed by atoms with Gasteiger partial charge in [-0.1, -0.05) is 12.8 Å². The number of nitrogens with two attached hydrogens (primary N) is 2. The van der Waals surface area contributed by atoms with E-state index in [-0.39, 0.29) is 29.3 Å². The number of nitrogens with one attached hydrogen (secondary N) is 2. The Morgan fingerprint density at radius 2 is 2.06 bits per heavy atom. The number of pyridine rings is 2. The maximum absolute atomic E-state index is 14.7. The molecule has 0 aliphatic heterocycles. The number of hydrogen-bond acceptors (Lipinski definition) is 7. The largest absolute Gasteiger partial charge is 0.365 e. The summed E-state index contributed by atoms with van der Waals surface area (Å²) in [6.45, 7) is 1.89. The minimum Gasteiger partial charge on any atom is -0.365 e. The van der Waals surface area contributed by atoms with Gasteiger partial charge in [-0.3, -0.25) is 4.79 Å². The molecule has 0 aromatic carbocycles. The van der Waals surface area contributed by atoms with Gasteiger partial charge in [-0.15, -0.1) is 0 Å². The Morgan fingerprint density at radius 1 is 1.26 bits per heavy atom. The summed E-state index contributed by atoms with van der Waals surface area (Å²) in [6, 6.07) is 4.57. The molecule has 0 bridgehead atoms. The lowest BCUT2D eigenvalue weighted by Gasteiger charge is -2.30. The van der Waals surface area contributed by atoms with Crippen LogP contribution in [-0.2, 0) is 0 Å². The summed E-state index contributed by atoms with van der Waals surface area (Å²) in [5.74, 6) is -0.582. The molecule has 0 spiro atoms. The summed E-state index contributed by atoms with van der Waals surface area (Å²) in [7, 11) is 0. The van der Waals surface area contributed by atoms with E-state index in [2.05, 4.69) is 25.7 Å². The Morgan fingerprint density at radius 3 is 2.74 bits per heavy atom. The molecule has 162 valence electrons. The molecule has 3 heterocycles. The number of carbonyl (C=O) groups excluding carboxylic acids is 1. The molecule has 1 amide bonds. The van der Waals surface area contributed by atoms with Crippen molar-refractivity contribution in [2.45, 2.75) is 44.7 Å². The number of amides is 1. The number of nitrogens with zero attached hydrogens (tertiary/aromatic N) is 4. The van der Waals surface area contributed by atoms with E-state index >= 15 is 0 Å². The summed E-state index contributed by atoms with van der Waals surface area (Å²) in [5.41, 5.74) is 13.0. The second kappa shape index (κ2) is 8.68. The van der Waals surface area contributed by atoms with Crippen molar-refractivity contribution in [3.05, 3.63) is 53.7 Å². The number of hydrogen-bond donors (Lipinski definition) is 4. The van der Waals surface area contributed by atoms with Gasteiger partial charge in [0.2, 0.25) is 0 Å². The summed E-state index contributed by atoms with van der Waals surface area (Å²) in [4.78, 5) is 20.6. The smallest absolute Gasteiger partial charge is 0.252 e. The van der Waals surface area contributed by atoms with E-state index in [0.29, 0.717) is 11.5 Å².